The van der Waals surface area contributed by atoms with Crippen molar-refractivity contribution in [2.45, 2.75) is 32.1 Å². The van der Waals surface area contributed by atoms with Gasteiger partial charge in [0.25, 0.3) is 0 Å². The third-order valence-corrected chi connectivity index (χ3v) is 5.06. The van der Waals surface area contributed by atoms with Gasteiger partial charge in [0.05, 0.1) is 18.1 Å². The minimum Gasteiger partial charge on any atom is -0.364 e. The Balaban J connectivity index is 1.78. The van der Waals surface area contributed by atoms with Crippen LogP contribution in [0.2, 0.25) is 0 Å². The van der Waals surface area contributed by atoms with Crippen LogP contribution < -0.4 is 5.32 Å². The monoisotopic (exact) mass is 297 g/mol. The zero-order chi connectivity index (χ0) is 14.6. The van der Waals surface area contributed by atoms with Crippen molar-refractivity contribution >= 4 is 15.7 Å². The van der Waals surface area contributed by atoms with Gasteiger partial charge in [0.15, 0.2) is 9.84 Å². The van der Waals surface area contributed by atoms with Gasteiger partial charge < -0.3 is 10.1 Å². The molecule has 1 aliphatic heterocycles. The summed E-state index contributed by atoms with van der Waals surface area (Å²) in [5.41, 5.74) is 0.996. The molecule has 0 bridgehead atoms. The van der Waals surface area contributed by atoms with E-state index in [1.54, 1.807) is 6.92 Å². The molecule has 0 saturated carbocycles. The number of benzene rings is 1. The molecular formula is C14H19NO4S. The Morgan fingerprint density at radius 1 is 1.40 bits per heavy atom. The number of sulfone groups is 1. The van der Waals surface area contributed by atoms with E-state index in [1.807, 2.05) is 30.3 Å². The average Bonchev–Trinajstić information content (AvgIpc) is 2.76. The Morgan fingerprint density at radius 2 is 2.10 bits per heavy atom. The second kappa shape index (κ2) is 6.37. The first-order valence-corrected chi connectivity index (χ1v) is 8.45. The SMILES string of the molecule is CC(OCc1ccccc1)C(=O)NC1CCS(=O)(=O)C1. The number of ether oxygens (including phenoxy) is 1. The van der Waals surface area contributed by atoms with Gasteiger partial charge in [-0.25, -0.2) is 8.42 Å². The van der Waals surface area contributed by atoms with Crippen LogP contribution in [0.15, 0.2) is 30.3 Å². The summed E-state index contributed by atoms with van der Waals surface area (Å²) < 4.78 is 28.1. The molecule has 1 aromatic carbocycles. The zero-order valence-corrected chi connectivity index (χ0v) is 12.2. The molecule has 1 aliphatic rings. The first-order valence-electron chi connectivity index (χ1n) is 6.62. The van der Waals surface area contributed by atoms with Gasteiger partial charge in [-0.15, -0.1) is 0 Å². The highest BCUT2D eigenvalue weighted by molar-refractivity contribution is 7.91. The molecule has 1 amide bonds. The fraction of sp³-hybridized carbons (Fsp3) is 0.500. The van der Waals surface area contributed by atoms with E-state index in [4.69, 9.17) is 4.74 Å². The first-order chi connectivity index (χ1) is 9.46. The Bertz CT molecular complexity index is 556. The van der Waals surface area contributed by atoms with E-state index >= 15 is 0 Å². The van der Waals surface area contributed by atoms with Gasteiger partial charge >= 0.3 is 0 Å². The molecule has 1 N–H and O–H groups in total. The first kappa shape index (κ1) is 15.0. The van der Waals surface area contributed by atoms with Gasteiger partial charge in [-0.3, -0.25) is 4.79 Å². The van der Waals surface area contributed by atoms with Crippen molar-refractivity contribution in [1.29, 1.82) is 0 Å². The molecule has 2 atom stereocenters. The zero-order valence-electron chi connectivity index (χ0n) is 11.4. The van der Waals surface area contributed by atoms with Crippen LogP contribution in [-0.2, 0) is 26.0 Å². The van der Waals surface area contributed by atoms with E-state index < -0.39 is 15.9 Å². The molecular weight excluding hydrogens is 278 g/mol. The summed E-state index contributed by atoms with van der Waals surface area (Å²) in [7, 11) is -2.98. The molecule has 6 heteroatoms. The Kier molecular flexibility index (Phi) is 4.77. The lowest BCUT2D eigenvalue weighted by Crippen LogP contribution is -2.41. The normalized spacial score (nSPS) is 22.4. The van der Waals surface area contributed by atoms with Crippen LogP contribution in [0.4, 0.5) is 0 Å². The van der Waals surface area contributed by atoms with Crippen molar-refractivity contribution in [1.82, 2.24) is 5.32 Å². The van der Waals surface area contributed by atoms with E-state index in [9.17, 15) is 13.2 Å². The maximum atomic E-state index is 11.9. The second-order valence-electron chi connectivity index (χ2n) is 5.05. The Labute approximate surface area is 119 Å². The number of hydrogen-bond donors (Lipinski definition) is 1. The summed E-state index contributed by atoms with van der Waals surface area (Å²) in [4.78, 5) is 11.9. The number of rotatable bonds is 5. The van der Waals surface area contributed by atoms with Crippen LogP contribution in [0.1, 0.15) is 18.9 Å². The van der Waals surface area contributed by atoms with Crippen LogP contribution in [-0.4, -0.2) is 38.0 Å². The van der Waals surface area contributed by atoms with Crippen molar-refractivity contribution in [3.63, 3.8) is 0 Å². The highest BCUT2D eigenvalue weighted by Gasteiger charge is 2.30. The summed E-state index contributed by atoms with van der Waals surface area (Å²) >= 11 is 0. The minimum atomic E-state index is -2.98. The molecule has 2 unspecified atom stereocenters. The van der Waals surface area contributed by atoms with Crippen molar-refractivity contribution in [2.75, 3.05) is 11.5 Å². The predicted molar refractivity (Wildman–Crippen MR) is 75.9 cm³/mol. The maximum Gasteiger partial charge on any atom is 0.249 e. The summed E-state index contributed by atoms with van der Waals surface area (Å²) in [5.74, 6) is -0.0792. The largest absolute Gasteiger partial charge is 0.364 e. The third kappa shape index (κ3) is 4.31. The van der Waals surface area contributed by atoms with Gasteiger partial charge in [0.1, 0.15) is 6.10 Å². The predicted octanol–water partition coefficient (Wildman–Crippen LogP) is 0.895. The lowest BCUT2D eigenvalue weighted by Gasteiger charge is -2.16. The highest BCUT2D eigenvalue weighted by Crippen LogP contribution is 2.12. The van der Waals surface area contributed by atoms with Crippen molar-refractivity contribution in [2.24, 2.45) is 0 Å². The Hall–Kier alpha value is -1.40. The Morgan fingerprint density at radius 3 is 2.70 bits per heavy atom. The van der Waals surface area contributed by atoms with Crippen molar-refractivity contribution in [3.8, 4) is 0 Å². The van der Waals surface area contributed by atoms with Crippen LogP contribution in [0.25, 0.3) is 0 Å². The lowest BCUT2D eigenvalue weighted by atomic mass is 10.2. The smallest absolute Gasteiger partial charge is 0.249 e. The second-order valence-corrected chi connectivity index (χ2v) is 7.28. The van der Waals surface area contributed by atoms with E-state index in [0.29, 0.717) is 13.0 Å². The van der Waals surface area contributed by atoms with E-state index in [0.717, 1.165) is 5.56 Å². The molecule has 0 spiro atoms. The van der Waals surface area contributed by atoms with Crippen LogP contribution >= 0.6 is 0 Å². The number of amides is 1. The molecule has 110 valence electrons. The molecule has 1 saturated heterocycles. The summed E-state index contributed by atoms with van der Waals surface area (Å²) in [6.45, 7) is 2.03. The number of hydrogen-bond acceptors (Lipinski definition) is 4. The molecule has 1 aromatic rings. The molecule has 0 aliphatic carbocycles. The minimum absolute atomic E-state index is 0.0319. The molecule has 0 radical (unpaired) electrons. The number of carbonyl (C=O) groups is 1. The average molecular weight is 297 g/mol. The van der Waals surface area contributed by atoms with Gasteiger partial charge in [0.2, 0.25) is 5.91 Å². The molecule has 2 rings (SSSR count). The molecule has 1 fully saturated rings. The lowest BCUT2D eigenvalue weighted by molar-refractivity contribution is -0.133. The quantitative estimate of drug-likeness (QED) is 0.876. The topological polar surface area (TPSA) is 72.5 Å². The third-order valence-electron chi connectivity index (χ3n) is 3.29. The molecule has 1 heterocycles. The number of nitrogens with one attached hydrogen (secondary N) is 1. The summed E-state index contributed by atoms with van der Waals surface area (Å²) in [6, 6.07) is 9.30. The van der Waals surface area contributed by atoms with Crippen LogP contribution in [0, 0.1) is 0 Å². The van der Waals surface area contributed by atoms with E-state index in [1.165, 1.54) is 0 Å². The van der Waals surface area contributed by atoms with E-state index in [-0.39, 0.29) is 23.5 Å². The van der Waals surface area contributed by atoms with Crippen LogP contribution in [0.3, 0.4) is 0 Å². The van der Waals surface area contributed by atoms with Gasteiger partial charge in [-0.2, -0.15) is 0 Å². The fourth-order valence-electron chi connectivity index (χ4n) is 2.10. The number of carbonyl (C=O) groups excluding carboxylic acids is 1. The maximum absolute atomic E-state index is 11.9. The molecule has 20 heavy (non-hydrogen) atoms. The highest BCUT2D eigenvalue weighted by atomic mass is 32.2. The van der Waals surface area contributed by atoms with E-state index in [2.05, 4.69) is 5.32 Å². The van der Waals surface area contributed by atoms with Crippen LogP contribution in [0.5, 0.6) is 0 Å². The summed E-state index contributed by atoms with van der Waals surface area (Å²) in [5, 5.41) is 2.73. The van der Waals surface area contributed by atoms with Gasteiger partial charge in [-0.1, -0.05) is 30.3 Å². The van der Waals surface area contributed by atoms with Gasteiger partial charge in [-0.05, 0) is 18.9 Å². The standard InChI is InChI=1S/C14H19NO4S/c1-11(19-9-12-5-3-2-4-6-12)14(16)15-13-7-8-20(17,18)10-13/h2-6,11,13H,7-10H2,1H3,(H,15,16). The van der Waals surface area contributed by atoms with Gasteiger partial charge in [0, 0.05) is 6.04 Å². The summed E-state index contributed by atoms with van der Waals surface area (Å²) in [6.07, 6.45) is -0.113. The molecule has 0 aromatic heterocycles. The van der Waals surface area contributed by atoms with Crippen molar-refractivity contribution < 1.29 is 17.9 Å². The van der Waals surface area contributed by atoms with Crippen molar-refractivity contribution in [3.05, 3.63) is 35.9 Å². The molecule has 5 nitrogen and oxygen atoms in total. The fourth-order valence-corrected chi connectivity index (χ4v) is 3.77.